The lowest BCUT2D eigenvalue weighted by atomic mass is 10.1. The van der Waals surface area contributed by atoms with Crippen molar-refractivity contribution in [1.82, 2.24) is 10.6 Å². The molecule has 3 nitrogen and oxygen atoms in total. The van der Waals surface area contributed by atoms with Gasteiger partial charge in [-0.3, -0.25) is 4.79 Å². The number of carbonyl (C=O) groups is 1. The van der Waals surface area contributed by atoms with Crippen LogP contribution in [0, 0.1) is 6.92 Å². The highest BCUT2D eigenvalue weighted by atomic mass is 35.5. The van der Waals surface area contributed by atoms with Crippen molar-refractivity contribution < 1.29 is 4.79 Å². The summed E-state index contributed by atoms with van der Waals surface area (Å²) in [5.41, 5.74) is 2.41. The molecule has 1 aliphatic rings. The third-order valence-corrected chi connectivity index (χ3v) is 3.61. The molecule has 1 saturated heterocycles. The van der Waals surface area contributed by atoms with Crippen molar-refractivity contribution in [3.63, 3.8) is 0 Å². The highest BCUT2D eigenvalue weighted by molar-refractivity contribution is 6.30. The van der Waals surface area contributed by atoms with Gasteiger partial charge in [0.1, 0.15) is 0 Å². The molecule has 2 N–H and O–H groups in total. The molecule has 1 aromatic rings. The molecule has 0 radical (unpaired) electrons. The summed E-state index contributed by atoms with van der Waals surface area (Å²) in [5.74, 6) is 0.124. The molecule has 98 valence electrons. The van der Waals surface area contributed by atoms with Gasteiger partial charge < -0.3 is 10.6 Å². The van der Waals surface area contributed by atoms with Crippen LogP contribution in [0.4, 0.5) is 0 Å². The van der Waals surface area contributed by atoms with Crippen LogP contribution in [0.3, 0.4) is 0 Å². The normalized spacial score (nSPS) is 18.9. The van der Waals surface area contributed by atoms with E-state index in [9.17, 15) is 4.79 Å². The molecule has 1 fully saturated rings. The molecule has 0 aromatic heterocycles. The van der Waals surface area contributed by atoms with Crippen molar-refractivity contribution in [2.45, 2.75) is 32.2 Å². The number of rotatable bonds is 4. The molecule has 4 heteroatoms. The van der Waals surface area contributed by atoms with E-state index in [0.29, 0.717) is 6.54 Å². The van der Waals surface area contributed by atoms with Gasteiger partial charge >= 0.3 is 0 Å². The summed E-state index contributed by atoms with van der Waals surface area (Å²) in [7, 11) is 0. The molecule has 1 aromatic carbocycles. The van der Waals surface area contributed by atoms with Crippen LogP contribution >= 0.6 is 11.6 Å². The van der Waals surface area contributed by atoms with Gasteiger partial charge in [-0.05, 0) is 56.0 Å². The van der Waals surface area contributed by atoms with Crippen LogP contribution < -0.4 is 10.6 Å². The molecule has 1 heterocycles. The fourth-order valence-electron chi connectivity index (χ4n) is 2.29. The van der Waals surface area contributed by atoms with E-state index < -0.39 is 0 Å². The Morgan fingerprint density at radius 3 is 3.06 bits per heavy atom. The second kappa shape index (κ2) is 6.21. The minimum atomic E-state index is 0.0105. The van der Waals surface area contributed by atoms with Gasteiger partial charge in [0.2, 0.25) is 5.91 Å². The molecule has 0 bridgehead atoms. The second-order valence-electron chi connectivity index (χ2n) is 4.76. The van der Waals surface area contributed by atoms with Gasteiger partial charge in [0.05, 0.1) is 6.04 Å². The van der Waals surface area contributed by atoms with E-state index >= 15 is 0 Å². The molecular formula is C14H19ClN2O. The molecule has 2 rings (SSSR count). The van der Waals surface area contributed by atoms with Gasteiger partial charge in [-0.15, -0.1) is 0 Å². The van der Waals surface area contributed by atoms with Crippen molar-refractivity contribution >= 4 is 17.5 Å². The maximum absolute atomic E-state index is 11.8. The standard InChI is InChI=1S/C14H19ClN2O/c1-10-9-12(15)5-4-11(10)6-8-17-14(18)13-3-2-7-16-13/h4-5,9,13,16H,2-3,6-8H2,1H3,(H,17,18)/t13-/m1/s1. The molecule has 0 aliphatic carbocycles. The van der Waals surface area contributed by atoms with E-state index in [1.54, 1.807) is 0 Å². The highest BCUT2D eigenvalue weighted by Crippen LogP contribution is 2.15. The van der Waals surface area contributed by atoms with Crippen molar-refractivity contribution in [2.75, 3.05) is 13.1 Å². The number of aryl methyl sites for hydroxylation is 1. The Labute approximate surface area is 113 Å². The molecule has 0 spiro atoms. The summed E-state index contributed by atoms with van der Waals surface area (Å²) >= 11 is 5.91. The van der Waals surface area contributed by atoms with Crippen LogP contribution in [0.15, 0.2) is 18.2 Å². The van der Waals surface area contributed by atoms with E-state index in [1.807, 2.05) is 25.1 Å². The van der Waals surface area contributed by atoms with Crippen molar-refractivity contribution in [2.24, 2.45) is 0 Å². The van der Waals surface area contributed by atoms with Gasteiger partial charge in [0.25, 0.3) is 0 Å². The monoisotopic (exact) mass is 266 g/mol. The van der Waals surface area contributed by atoms with E-state index in [4.69, 9.17) is 11.6 Å². The molecule has 0 unspecified atom stereocenters. The SMILES string of the molecule is Cc1cc(Cl)ccc1CCNC(=O)[C@H]1CCCN1. The minimum Gasteiger partial charge on any atom is -0.354 e. The van der Waals surface area contributed by atoms with Crippen LogP contribution in [0.25, 0.3) is 0 Å². The largest absolute Gasteiger partial charge is 0.354 e. The zero-order valence-electron chi connectivity index (χ0n) is 10.6. The molecule has 1 amide bonds. The van der Waals surface area contributed by atoms with Crippen LogP contribution in [0.1, 0.15) is 24.0 Å². The fraction of sp³-hybridized carbons (Fsp3) is 0.500. The topological polar surface area (TPSA) is 41.1 Å². The maximum Gasteiger partial charge on any atom is 0.237 e. The van der Waals surface area contributed by atoms with Gasteiger partial charge in [0, 0.05) is 11.6 Å². The number of benzene rings is 1. The number of halogens is 1. The Morgan fingerprint density at radius 2 is 2.39 bits per heavy atom. The molecule has 18 heavy (non-hydrogen) atoms. The minimum absolute atomic E-state index is 0.0105. The Balaban J connectivity index is 1.79. The molecular weight excluding hydrogens is 248 g/mol. The lowest BCUT2D eigenvalue weighted by Gasteiger charge is -2.12. The first-order chi connectivity index (χ1) is 8.66. The average Bonchev–Trinajstić information content (AvgIpc) is 2.85. The molecule has 1 atom stereocenters. The Bertz CT molecular complexity index is 428. The third kappa shape index (κ3) is 3.47. The fourth-order valence-corrected chi connectivity index (χ4v) is 2.52. The number of hydrogen-bond donors (Lipinski definition) is 2. The predicted octanol–water partition coefficient (Wildman–Crippen LogP) is 2.06. The number of hydrogen-bond acceptors (Lipinski definition) is 2. The lowest BCUT2D eigenvalue weighted by Crippen LogP contribution is -2.41. The van der Waals surface area contributed by atoms with Gasteiger partial charge in [-0.25, -0.2) is 0 Å². The van der Waals surface area contributed by atoms with Gasteiger partial charge in [0.15, 0.2) is 0 Å². The Hall–Kier alpha value is -1.06. The van der Waals surface area contributed by atoms with Gasteiger partial charge in [-0.2, -0.15) is 0 Å². The zero-order chi connectivity index (χ0) is 13.0. The summed E-state index contributed by atoms with van der Waals surface area (Å²) in [4.78, 5) is 11.8. The highest BCUT2D eigenvalue weighted by Gasteiger charge is 2.21. The lowest BCUT2D eigenvalue weighted by molar-refractivity contribution is -0.122. The van der Waals surface area contributed by atoms with Crippen LogP contribution in [0.2, 0.25) is 5.02 Å². The third-order valence-electron chi connectivity index (χ3n) is 3.38. The summed E-state index contributed by atoms with van der Waals surface area (Å²) in [6.07, 6.45) is 2.89. The predicted molar refractivity (Wildman–Crippen MR) is 73.9 cm³/mol. The molecule has 1 aliphatic heterocycles. The maximum atomic E-state index is 11.8. The number of carbonyl (C=O) groups excluding carboxylic acids is 1. The summed E-state index contributed by atoms with van der Waals surface area (Å²) in [5, 5.41) is 6.93. The Morgan fingerprint density at radius 1 is 1.56 bits per heavy atom. The number of amides is 1. The Kier molecular flexibility index (Phi) is 4.61. The quantitative estimate of drug-likeness (QED) is 0.876. The van der Waals surface area contributed by atoms with Crippen LogP contribution in [-0.2, 0) is 11.2 Å². The first kappa shape index (κ1) is 13.4. The average molecular weight is 267 g/mol. The summed E-state index contributed by atoms with van der Waals surface area (Å²) in [6.45, 7) is 3.68. The van der Waals surface area contributed by atoms with Gasteiger partial charge in [-0.1, -0.05) is 17.7 Å². The smallest absolute Gasteiger partial charge is 0.237 e. The van der Waals surface area contributed by atoms with Crippen molar-refractivity contribution in [3.05, 3.63) is 34.3 Å². The summed E-state index contributed by atoms with van der Waals surface area (Å²) in [6, 6.07) is 5.88. The first-order valence-corrected chi connectivity index (χ1v) is 6.81. The van der Waals surface area contributed by atoms with Crippen molar-refractivity contribution in [3.8, 4) is 0 Å². The van der Waals surface area contributed by atoms with E-state index in [-0.39, 0.29) is 11.9 Å². The molecule has 0 saturated carbocycles. The second-order valence-corrected chi connectivity index (χ2v) is 5.20. The van der Waals surface area contributed by atoms with E-state index in [0.717, 1.165) is 30.8 Å². The van der Waals surface area contributed by atoms with Crippen LogP contribution in [0.5, 0.6) is 0 Å². The van der Waals surface area contributed by atoms with E-state index in [2.05, 4.69) is 10.6 Å². The van der Waals surface area contributed by atoms with Crippen molar-refractivity contribution in [1.29, 1.82) is 0 Å². The summed E-state index contributed by atoms with van der Waals surface area (Å²) < 4.78 is 0. The van der Waals surface area contributed by atoms with Crippen LogP contribution in [-0.4, -0.2) is 25.0 Å². The first-order valence-electron chi connectivity index (χ1n) is 6.43. The number of nitrogens with one attached hydrogen (secondary N) is 2. The van der Waals surface area contributed by atoms with E-state index in [1.165, 1.54) is 11.1 Å². The zero-order valence-corrected chi connectivity index (χ0v) is 11.4.